The minimum atomic E-state index is 0.0451. The zero-order chi connectivity index (χ0) is 11.4. The van der Waals surface area contributed by atoms with E-state index < -0.39 is 0 Å². The molecule has 1 saturated heterocycles. The van der Waals surface area contributed by atoms with E-state index in [-0.39, 0.29) is 11.9 Å². The van der Waals surface area contributed by atoms with Gasteiger partial charge in [-0.15, -0.1) is 0 Å². The Balaban J connectivity index is 1.84. The molecule has 0 saturated carbocycles. The number of likely N-dealkylation sites (N-methyl/N-ethyl adjacent to an activating group) is 1. The number of nitrogens with one attached hydrogen (secondary N) is 1. The molecule has 1 aliphatic heterocycles. The second-order valence-corrected chi connectivity index (χ2v) is 4.18. The number of rotatable bonds is 3. The maximum atomic E-state index is 11.8. The predicted molar refractivity (Wildman–Crippen MR) is 61.7 cm³/mol. The van der Waals surface area contributed by atoms with Crippen LogP contribution >= 0.6 is 0 Å². The molecule has 1 aromatic heterocycles. The maximum absolute atomic E-state index is 11.8. The Morgan fingerprint density at radius 3 is 3.12 bits per heavy atom. The van der Waals surface area contributed by atoms with Gasteiger partial charge in [-0.2, -0.15) is 0 Å². The SMILES string of the molecule is CN1CCCC1C(=O)NCc1ccccn1. The van der Waals surface area contributed by atoms with Crippen molar-refractivity contribution < 1.29 is 4.79 Å². The molecule has 2 rings (SSSR count). The summed E-state index contributed by atoms with van der Waals surface area (Å²) in [6.45, 7) is 1.53. The monoisotopic (exact) mass is 219 g/mol. The van der Waals surface area contributed by atoms with Crippen molar-refractivity contribution in [1.29, 1.82) is 0 Å². The Kier molecular flexibility index (Phi) is 3.51. The highest BCUT2D eigenvalue weighted by atomic mass is 16.2. The lowest BCUT2D eigenvalue weighted by atomic mass is 10.2. The molecule has 4 heteroatoms. The van der Waals surface area contributed by atoms with Crippen LogP contribution in [0.1, 0.15) is 18.5 Å². The van der Waals surface area contributed by atoms with Crippen molar-refractivity contribution in [3.63, 3.8) is 0 Å². The molecule has 1 unspecified atom stereocenters. The quantitative estimate of drug-likeness (QED) is 0.817. The van der Waals surface area contributed by atoms with Gasteiger partial charge < -0.3 is 5.32 Å². The largest absolute Gasteiger partial charge is 0.349 e. The number of carbonyl (C=O) groups excluding carboxylic acids is 1. The lowest BCUT2D eigenvalue weighted by Gasteiger charge is -2.18. The van der Waals surface area contributed by atoms with Crippen molar-refractivity contribution >= 4 is 5.91 Å². The summed E-state index contributed by atoms with van der Waals surface area (Å²) >= 11 is 0. The Labute approximate surface area is 95.7 Å². The van der Waals surface area contributed by atoms with Crippen molar-refractivity contribution in [3.05, 3.63) is 30.1 Å². The van der Waals surface area contributed by atoms with Crippen molar-refractivity contribution in [2.24, 2.45) is 0 Å². The van der Waals surface area contributed by atoms with Crippen molar-refractivity contribution in [1.82, 2.24) is 15.2 Å². The third-order valence-corrected chi connectivity index (χ3v) is 2.99. The fraction of sp³-hybridized carbons (Fsp3) is 0.500. The Hall–Kier alpha value is -1.42. The first-order valence-corrected chi connectivity index (χ1v) is 5.65. The van der Waals surface area contributed by atoms with Gasteiger partial charge in [0, 0.05) is 6.20 Å². The van der Waals surface area contributed by atoms with Crippen LogP contribution < -0.4 is 5.32 Å². The van der Waals surface area contributed by atoms with Crippen molar-refractivity contribution in [2.45, 2.75) is 25.4 Å². The molecule has 0 radical (unpaired) electrons. The molecule has 4 nitrogen and oxygen atoms in total. The molecule has 1 aliphatic rings. The summed E-state index contributed by atoms with van der Waals surface area (Å²) in [4.78, 5) is 18.1. The summed E-state index contributed by atoms with van der Waals surface area (Å²) in [5.41, 5.74) is 0.900. The zero-order valence-corrected chi connectivity index (χ0v) is 9.52. The first-order valence-electron chi connectivity index (χ1n) is 5.65. The fourth-order valence-electron chi connectivity index (χ4n) is 2.04. The zero-order valence-electron chi connectivity index (χ0n) is 9.52. The number of hydrogen-bond acceptors (Lipinski definition) is 3. The van der Waals surface area contributed by atoms with Gasteiger partial charge in [0.25, 0.3) is 0 Å². The van der Waals surface area contributed by atoms with Gasteiger partial charge in [-0.3, -0.25) is 14.7 Å². The second-order valence-electron chi connectivity index (χ2n) is 4.18. The second kappa shape index (κ2) is 5.07. The minimum Gasteiger partial charge on any atom is -0.349 e. The van der Waals surface area contributed by atoms with Crippen LogP contribution in [0.2, 0.25) is 0 Å². The molecule has 1 amide bonds. The van der Waals surface area contributed by atoms with E-state index in [0.29, 0.717) is 6.54 Å². The van der Waals surface area contributed by atoms with Crippen molar-refractivity contribution in [2.75, 3.05) is 13.6 Å². The van der Waals surface area contributed by atoms with E-state index >= 15 is 0 Å². The number of aromatic nitrogens is 1. The molecule has 1 fully saturated rings. The minimum absolute atomic E-state index is 0.0451. The summed E-state index contributed by atoms with van der Waals surface area (Å²) in [5, 5.41) is 2.93. The lowest BCUT2D eigenvalue weighted by molar-refractivity contribution is -0.125. The first-order chi connectivity index (χ1) is 7.77. The highest BCUT2D eigenvalue weighted by Gasteiger charge is 2.27. The van der Waals surface area contributed by atoms with Crippen LogP contribution in [-0.2, 0) is 11.3 Å². The van der Waals surface area contributed by atoms with Gasteiger partial charge in [-0.25, -0.2) is 0 Å². The Morgan fingerprint density at radius 2 is 2.50 bits per heavy atom. The van der Waals surface area contributed by atoms with E-state index in [0.717, 1.165) is 25.1 Å². The molecular weight excluding hydrogens is 202 g/mol. The number of pyridine rings is 1. The van der Waals surface area contributed by atoms with Crippen LogP contribution in [0.3, 0.4) is 0 Å². The summed E-state index contributed by atoms with van der Waals surface area (Å²) in [7, 11) is 2.00. The molecular formula is C12H17N3O. The van der Waals surface area contributed by atoms with Gasteiger partial charge in [0.1, 0.15) is 0 Å². The Bertz CT molecular complexity index is 353. The normalized spacial score (nSPS) is 20.9. The molecule has 0 bridgehead atoms. The highest BCUT2D eigenvalue weighted by Crippen LogP contribution is 2.14. The number of carbonyl (C=O) groups is 1. The summed E-state index contributed by atoms with van der Waals surface area (Å²) in [6.07, 6.45) is 3.81. The highest BCUT2D eigenvalue weighted by molar-refractivity contribution is 5.81. The summed E-state index contributed by atoms with van der Waals surface area (Å²) in [6, 6.07) is 5.76. The predicted octanol–water partition coefficient (Wildman–Crippen LogP) is 0.792. The van der Waals surface area contributed by atoms with E-state index in [2.05, 4.69) is 15.2 Å². The lowest BCUT2D eigenvalue weighted by Crippen LogP contribution is -2.41. The van der Waals surface area contributed by atoms with E-state index in [1.165, 1.54) is 0 Å². The smallest absolute Gasteiger partial charge is 0.237 e. The molecule has 0 aliphatic carbocycles. The average molecular weight is 219 g/mol. The molecule has 1 N–H and O–H groups in total. The van der Waals surface area contributed by atoms with Gasteiger partial charge in [-0.1, -0.05) is 6.07 Å². The van der Waals surface area contributed by atoms with E-state index in [1.807, 2.05) is 25.2 Å². The van der Waals surface area contributed by atoms with E-state index in [1.54, 1.807) is 6.20 Å². The van der Waals surface area contributed by atoms with E-state index in [4.69, 9.17) is 0 Å². The molecule has 0 spiro atoms. The third-order valence-electron chi connectivity index (χ3n) is 2.99. The van der Waals surface area contributed by atoms with Crippen molar-refractivity contribution in [3.8, 4) is 0 Å². The number of nitrogens with zero attached hydrogens (tertiary/aromatic N) is 2. The number of hydrogen-bond donors (Lipinski definition) is 1. The molecule has 1 atom stereocenters. The van der Waals surface area contributed by atoms with Crippen LogP contribution in [-0.4, -0.2) is 35.4 Å². The van der Waals surface area contributed by atoms with Crippen LogP contribution in [0.5, 0.6) is 0 Å². The third kappa shape index (κ3) is 2.58. The Morgan fingerprint density at radius 1 is 1.62 bits per heavy atom. The van der Waals surface area contributed by atoms with Gasteiger partial charge in [-0.05, 0) is 38.6 Å². The van der Waals surface area contributed by atoms with Crippen LogP contribution in [0.25, 0.3) is 0 Å². The van der Waals surface area contributed by atoms with Crippen LogP contribution in [0.15, 0.2) is 24.4 Å². The van der Waals surface area contributed by atoms with Gasteiger partial charge in [0.2, 0.25) is 5.91 Å². The van der Waals surface area contributed by atoms with Gasteiger partial charge in [0.15, 0.2) is 0 Å². The van der Waals surface area contributed by atoms with E-state index in [9.17, 15) is 4.79 Å². The van der Waals surface area contributed by atoms with Crippen LogP contribution in [0, 0.1) is 0 Å². The molecule has 1 aromatic rings. The van der Waals surface area contributed by atoms with Gasteiger partial charge >= 0.3 is 0 Å². The fourth-order valence-corrected chi connectivity index (χ4v) is 2.04. The standard InChI is InChI=1S/C12H17N3O/c1-15-8-4-6-11(15)12(16)14-9-10-5-2-3-7-13-10/h2-3,5,7,11H,4,6,8-9H2,1H3,(H,14,16). The molecule has 0 aromatic carbocycles. The molecule has 2 heterocycles. The summed E-state index contributed by atoms with van der Waals surface area (Å²) < 4.78 is 0. The molecule has 86 valence electrons. The maximum Gasteiger partial charge on any atom is 0.237 e. The topological polar surface area (TPSA) is 45.2 Å². The average Bonchev–Trinajstić information content (AvgIpc) is 2.74. The summed E-state index contributed by atoms with van der Waals surface area (Å²) in [5.74, 6) is 0.116. The first kappa shape index (κ1) is 11.1. The van der Waals surface area contributed by atoms with Crippen LogP contribution in [0.4, 0.5) is 0 Å². The number of amides is 1. The van der Waals surface area contributed by atoms with Gasteiger partial charge in [0.05, 0.1) is 18.3 Å². The number of likely N-dealkylation sites (tertiary alicyclic amines) is 1. The molecule has 16 heavy (non-hydrogen) atoms.